The van der Waals surface area contributed by atoms with Crippen LogP contribution in [0, 0.1) is 11.8 Å². The lowest BCUT2D eigenvalue weighted by Gasteiger charge is -2.21. The maximum atomic E-state index is 11.1. The van der Waals surface area contributed by atoms with E-state index in [0.717, 1.165) is 17.4 Å². The van der Waals surface area contributed by atoms with Crippen LogP contribution in [0.25, 0.3) is 0 Å². The van der Waals surface area contributed by atoms with Gasteiger partial charge in [-0.15, -0.1) is 11.3 Å². The summed E-state index contributed by atoms with van der Waals surface area (Å²) in [6.45, 7) is 0. The summed E-state index contributed by atoms with van der Waals surface area (Å²) < 4.78 is 0. The second-order valence-electron chi connectivity index (χ2n) is 4.79. The molecule has 0 aromatic carbocycles. The first-order valence-electron chi connectivity index (χ1n) is 5.56. The Balaban J connectivity index is 1.93. The van der Waals surface area contributed by atoms with Crippen LogP contribution >= 0.6 is 11.3 Å². The molecule has 2 bridgehead atoms. The van der Waals surface area contributed by atoms with Crippen LogP contribution in [0.1, 0.15) is 46.8 Å². The van der Waals surface area contributed by atoms with Crippen LogP contribution in [0.2, 0.25) is 0 Å². The first-order valence-corrected chi connectivity index (χ1v) is 6.44. The lowest BCUT2D eigenvalue weighted by Crippen LogP contribution is -2.10. The van der Waals surface area contributed by atoms with Crippen LogP contribution in [-0.2, 0) is 0 Å². The van der Waals surface area contributed by atoms with Gasteiger partial charge in [0.25, 0.3) is 0 Å². The molecule has 2 aliphatic rings. The molecule has 1 N–H and O–H groups in total. The molecule has 0 amide bonds. The lowest BCUT2D eigenvalue weighted by molar-refractivity contribution is 0.0700. The van der Waals surface area contributed by atoms with Crippen molar-refractivity contribution in [2.75, 3.05) is 0 Å². The minimum atomic E-state index is -0.747. The molecule has 1 aromatic rings. The van der Waals surface area contributed by atoms with Crippen LogP contribution in [0.15, 0.2) is 11.4 Å². The van der Waals surface area contributed by atoms with Gasteiger partial charge < -0.3 is 5.11 Å². The van der Waals surface area contributed by atoms with Gasteiger partial charge in [0.2, 0.25) is 0 Å². The van der Waals surface area contributed by atoms with Gasteiger partial charge in [-0.2, -0.15) is 0 Å². The minimum absolute atomic E-state index is 0.543. The van der Waals surface area contributed by atoms with Gasteiger partial charge in [0.15, 0.2) is 0 Å². The van der Waals surface area contributed by atoms with Gasteiger partial charge >= 0.3 is 5.97 Å². The number of thiophene rings is 1. The van der Waals surface area contributed by atoms with Gasteiger partial charge in [0.05, 0.1) is 0 Å². The molecule has 2 nitrogen and oxygen atoms in total. The number of hydrogen-bond acceptors (Lipinski definition) is 2. The summed E-state index contributed by atoms with van der Waals surface area (Å²) in [5, 5.41) is 11.0. The molecule has 2 fully saturated rings. The van der Waals surface area contributed by atoms with E-state index in [1.165, 1.54) is 37.0 Å². The molecule has 2 saturated carbocycles. The van der Waals surface area contributed by atoms with Gasteiger partial charge in [-0.1, -0.05) is 6.42 Å². The summed E-state index contributed by atoms with van der Waals surface area (Å²) in [4.78, 5) is 11.6. The fourth-order valence-corrected chi connectivity index (χ4v) is 4.22. The van der Waals surface area contributed by atoms with Crippen molar-refractivity contribution >= 4 is 17.3 Å². The quantitative estimate of drug-likeness (QED) is 0.833. The summed E-state index contributed by atoms with van der Waals surface area (Å²) >= 11 is 1.37. The fraction of sp³-hybridized carbons (Fsp3) is 0.583. The number of aromatic carboxylic acids is 1. The molecular formula is C12H14O2S. The summed E-state index contributed by atoms with van der Waals surface area (Å²) in [5.74, 6) is 1.44. The topological polar surface area (TPSA) is 37.3 Å². The molecule has 0 aliphatic heterocycles. The van der Waals surface area contributed by atoms with Crippen molar-refractivity contribution in [1.82, 2.24) is 0 Å². The number of carboxylic acids is 1. The van der Waals surface area contributed by atoms with Gasteiger partial charge in [0, 0.05) is 0 Å². The van der Waals surface area contributed by atoms with Crippen molar-refractivity contribution in [3.63, 3.8) is 0 Å². The van der Waals surface area contributed by atoms with E-state index in [1.807, 2.05) is 11.4 Å². The second kappa shape index (κ2) is 3.34. The first-order chi connectivity index (χ1) is 7.25. The maximum Gasteiger partial charge on any atom is 0.346 e. The Bertz CT molecular complexity index is 396. The van der Waals surface area contributed by atoms with E-state index >= 15 is 0 Å². The van der Waals surface area contributed by atoms with Crippen molar-refractivity contribution in [3.05, 3.63) is 21.9 Å². The normalized spacial score (nSPS) is 33.5. The van der Waals surface area contributed by atoms with Crippen molar-refractivity contribution in [2.24, 2.45) is 11.8 Å². The molecule has 0 saturated heterocycles. The molecule has 1 aromatic heterocycles. The Morgan fingerprint density at radius 3 is 2.87 bits per heavy atom. The molecule has 3 rings (SSSR count). The van der Waals surface area contributed by atoms with E-state index in [0.29, 0.717) is 10.8 Å². The third-order valence-electron chi connectivity index (χ3n) is 4.03. The molecule has 15 heavy (non-hydrogen) atoms. The van der Waals surface area contributed by atoms with Gasteiger partial charge in [-0.3, -0.25) is 0 Å². The van der Waals surface area contributed by atoms with E-state index in [4.69, 9.17) is 5.11 Å². The van der Waals surface area contributed by atoms with E-state index in [2.05, 4.69) is 0 Å². The van der Waals surface area contributed by atoms with Crippen LogP contribution in [-0.4, -0.2) is 11.1 Å². The monoisotopic (exact) mass is 222 g/mol. The Morgan fingerprint density at radius 1 is 1.40 bits per heavy atom. The van der Waals surface area contributed by atoms with Crippen molar-refractivity contribution in [1.29, 1.82) is 0 Å². The standard InChI is InChI=1S/C12H14O2S/c13-12(14)11-9(3-4-15-11)10-6-7-1-2-8(10)5-7/h3-4,7-8,10H,1-2,5-6H2,(H,13,14). The van der Waals surface area contributed by atoms with E-state index in [1.54, 1.807) is 0 Å². The molecule has 3 heteroatoms. The molecule has 80 valence electrons. The Hall–Kier alpha value is -0.830. The Morgan fingerprint density at radius 2 is 2.27 bits per heavy atom. The zero-order valence-corrected chi connectivity index (χ0v) is 9.30. The zero-order valence-electron chi connectivity index (χ0n) is 8.48. The predicted octanol–water partition coefficient (Wildman–Crippen LogP) is 3.35. The van der Waals surface area contributed by atoms with Crippen molar-refractivity contribution in [2.45, 2.75) is 31.6 Å². The van der Waals surface area contributed by atoms with E-state index in [9.17, 15) is 4.79 Å². The van der Waals surface area contributed by atoms with Crippen molar-refractivity contribution in [3.8, 4) is 0 Å². The number of carboxylic acid groups (broad SMARTS) is 1. The average Bonchev–Trinajstić information content (AvgIpc) is 2.92. The highest BCUT2D eigenvalue weighted by atomic mass is 32.1. The lowest BCUT2D eigenvalue weighted by atomic mass is 9.84. The van der Waals surface area contributed by atoms with Gasteiger partial charge in [-0.25, -0.2) is 4.79 Å². The third-order valence-corrected chi connectivity index (χ3v) is 4.95. The van der Waals surface area contributed by atoms with Gasteiger partial charge in [0.1, 0.15) is 4.88 Å². The number of hydrogen-bond donors (Lipinski definition) is 1. The highest BCUT2D eigenvalue weighted by Crippen LogP contribution is 2.53. The largest absolute Gasteiger partial charge is 0.477 e. The second-order valence-corrected chi connectivity index (χ2v) is 5.71. The number of carbonyl (C=O) groups is 1. The fourth-order valence-electron chi connectivity index (χ4n) is 3.41. The first kappa shape index (κ1) is 9.40. The highest BCUT2D eigenvalue weighted by Gasteiger charge is 2.41. The molecular weight excluding hydrogens is 208 g/mol. The van der Waals surface area contributed by atoms with Gasteiger partial charge in [-0.05, 0) is 54.0 Å². The smallest absolute Gasteiger partial charge is 0.346 e. The van der Waals surface area contributed by atoms with Crippen LogP contribution in [0.4, 0.5) is 0 Å². The summed E-state index contributed by atoms with van der Waals surface area (Å²) in [6.07, 6.45) is 5.24. The predicted molar refractivity (Wildman–Crippen MR) is 59.5 cm³/mol. The van der Waals surface area contributed by atoms with Crippen LogP contribution in [0.5, 0.6) is 0 Å². The van der Waals surface area contributed by atoms with Crippen LogP contribution < -0.4 is 0 Å². The average molecular weight is 222 g/mol. The van der Waals surface area contributed by atoms with E-state index < -0.39 is 5.97 Å². The summed E-state index contributed by atoms with van der Waals surface area (Å²) in [5.41, 5.74) is 1.11. The molecule has 0 radical (unpaired) electrons. The molecule has 3 unspecified atom stereocenters. The molecule has 3 atom stereocenters. The number of rotatable bonds is 2. The Kier molecular flexibility index (Phi) is 2.09. The van der Waals surface area contributed by atoms with Crippen LogP contribution in [0.3, 0.4) is 0 Å². The maximum absolute atomic E-state index is 11.1. The minimum Gasteiger partial charge on any atom is -0.477 e. The zero-order chi connectivity index (χ0) is 10.4. The summed E-state index contributed by atoms with van der Waals surface area (Å²) in [7, 11) is 0. The highest BCUT2D eigenvalue weighted by molar-refractivity contribution is 7.12. The third kappa shape index (κ3) is 1.41. The number of fused-ring (bicyclic) bond motifs is 2. The van der Waals surface area contributed by atoms with Crippen molar-refractivity contribution < 1.29 is 9.90 Å². The summed E-state index contributed by atoms with van der Waals surface area (Å²) in [6, 6.07) is 2.03. The molecule has 0 spiro atoms. The molecule has 1 heterocycles. The van der Waals surface area contributed by atoms with E-state index in [-0.39, 0.29) is 0 Å². The molecule has 2 aliphatic carbocycles. The Labute approximate surface area is 92.9 Å². The SMILES string of the molecule is O=C(O)c1sccc1C1CC2CCC1C2.